The molecule has 0 amide bonds. The quantitative estimate of drug-likeness (QED) is 0.691. The van der Waals surface area contributed by atoms with E-state index in [1.165, 1.54) is 24.0 Å². The van der Waals surface area contributed by atoms with Crippen LogP contribution in [0.25, 0.3) is 5.65 Å². The van der Waals surface area contributed by atoms with E-state index >= 15 is 0 Å². The summed E-state index contributed by atoms with van der Waals surface area (Å²) in [6.07, 6.45) is 6.84. The molecule has 1 aliphatic rings. The molecule has 0 unspecified atom stereocenters. The second-order valence-corrected chi connectivity index (χ2v) is 6.65. The number of pyridine rings is 1. The van der Waals surface area contributed by atoms with Crippen LogP contribution < -0.4 is 4.74 Å². The maximum absolute atomic E-state index is 5.51. The fourth-order valence-electron chi connectivity index (χ4n) is 3.25. The van der Waals surface area contributed by atoms with E-state index in [-0.39, 0.29) is 0 Å². The topological polar surface area (TPSA) is 29.8 Å². The number of fused-ring (bicyclic) bond motifs is 1. The molecule has 0 spiro atoms. The monoisotopic (exact) mass is 321 g/mol. The van der Waals surface area contributed by atoms with Crippen LogP contribution in [0.4, 0.5) is 0 Å². The maximum atomic E-state index is 5.51. The number of hydrogen-bond donors (Lipinski definition) is 0. The standard InChI is InChI=1S/C20H23N3O/c1-15-7-10-20-21-17(14-23(20)11-15)13-22(18-8-9-18)12-16-5-3-4-6-19(16)24-2/h3-7,10-11,14,18H,8-9,12-13H2,1-2H3. The summed E-state index contributed by atoms with van der Waals surface area (Å²) < 4.78 is 7.64. The van der Waals surface area contributed by atoms with Crippen molar-refractivity contribution in [3.05, 3.63) is 65.6 Å². The molecular weight excluding hydrogens is 298 g/mol. The molecule has 0 radical (unpaired) electrons. The Kier molecular flexibility index (Phi) is 3.98. The minimum atomic E-state index is 0.668. The zero-order chi connectivity index (χ0) is 16.5. The summed E-state index contributed by atoms with van der Waals surface area (Å²) >= 11 is 0. The predicted octanol–water partition coefficient (Wildman–Crippen LogP) is 3.82. The van der Waals surface area contributed by atoms with Crippen molar-refractivity contribution in [1.82, 2.24) is 14.3 Å². The summed E-state index contributed by atoms with van der Waals surface area (Å²) in [5.74, 6) is 0.966. The van der Waals surface area contributed by atoms with Crippen LogP contribution in [-0.2, 0) is 13.1 Å². The Labute approximate surface area is 142 Å². The second-order valence-electron chi connectivity index (χ2n) is 6.65. The summed E-state index contributed by atoms with van der Waals surface area (Å²) in [5.41, 5.74) is 4.64. The van der Waals surface area contributed by atoms with Crippen LogP contribution in [-0.4, -0.2) is 27.4 Å². The number of rotatable bonds is 6. The second kappa shape index (κ2) is 6.29. The van der Waals surface area contributed by atoms with Crippen LogP contribution in [0.15, 0.2) is 48.8 Å². The van der Waals surface area contributed by atoms with Gasteiger partial charge in [0.15, 0.2) is 0 Å². The third-order valence-corrected chi connectivity index (χ3v) is 4.64. The largest absolute Gasteiger partial charge is 0.496 e. The molecular formula is C20H23N3O. The molecule has 4 heteroatoms. The normalized spacial score (nSPS) is 14.5. The zero-order valence-corrected chi connectivity index (χ0v) is 14.3. The third-order valence-electron chi connectivity index (χ3n) is 4.64. The van der Waals surface area contributed by atoms with Crippen molar-refractivity contribution >= 4 is 5.65 Å². The Morgan fingerprint density at radius 1 is 1.12 bits per heavy atom. The number of para-hydroxylation sites is 1. The number of nitrogens with zero attached hydrogens (tertiary/aromatic N) is 3. The van der Waals surface area contributed by atoms with Crippen molar-refractivity contribution in [2.45, 2.75) is 38.9 Å². The molecule has 1 fully saturated rings. The van der Waals surface area contributed by atoms with Gasteiger partial charge in [0.2, 0.25) is 0 Å². The zero-order valence-electron chi connectivity index (χ0n) is 14.3. The summed E-state index contributed by atoms with van der Waals surface area (Å²) in [7, 11) is 1.74. The molecule has 0 aliphatic heterocycles. The molecule has 1 saturated carbocycles. The van der Waals surface area contributed by atoms with Gasteiger partial charge in [0.05, 0.1) is 12.8 Å². The number of methoxy groups -OCH3 is 1. The van der Waals surface area contributed by atoms with E-state index in [0.717, 1.165) is 30.2 Å². The number of aryl methyl sites for hydroxylation is 1. The van der Waals surface area contributed by atoms with Crippen molar-refractivity contribution in [2.24, 2.45) is 0 Å². The number of hydrogen-bond acceptors (Lipinski definition) is 3. The summed E-state index contributed by atoms with van der Waals surface area (Å²) in [6, 6.07) is 13.2. The lowest BCUT2D eigenvalue weighted by molar-refractivity contribution is 0.239. The first-order valence-electron chi connectivity index (χ1n) is 8.53. The lowest BCUT2D eigenvalue weighted by Gasteiger charge is -2.22. The van der Waals surface area contributed by atoms with Crippen molar-refractivity contribution in [2.75, 3.05) is 7.11 Å². The van der Waals surface area contributed by atoms with Crippen molar-refractivity contribution in [3.8, 4) is 5.75 Å². The van der Waals surface area contributed by atoms with Gasteiger partial charge in [-0.3, -0.25) is 4.90 Å². The molecule has 1 aliphatic carbocycles. The van der Waals surface area contributed by atoms with E-state index in [1.54, 1.807) is 7.11 Å². The van der Waals surface area contributed by atoms with Gasteiger partial charge in [0.1, 0.15) is 11.4 Å². The van der Waals surface area contributed by atoms with Gasteiger partial charge in [0.25, 0.3) is 0 Å². The Morgan fingerprint density at radius 3 is 2.75 bits per heavy atom. The lowest BCUT2D eigenvalue weighted by Crippen LogP contribution is -2.25. The highest BCUT2D eigenvalue weighted by Gasteiger charge is 2.30. The first-order valence-corrected chi connectivity index (χ1v) is 8.53. The highest BCUT2D eigenvalue weighted by Crippen LogP contribution is 2.31. The molecule has 124 valence electrons. The average molecular weight is 321 g/mol. The SMILES string of the molecule is COc1ccccc1CN(Cc1cn2cc(C)ccc2n1)C1CC1. The van der Waals surface area contributed by atoms with Crippen LogP contribution in [0.3, 0.4) is 0 Å². The molecule has 0 saturated heterocycles. The summed E-state index contributed by atoms with van der Waals surface area (Å²) in [4.78, 5) is 7.30. The van der Waals surface area contributed by atoms with Crippen LogP contribution in [0.5, 0.6) is 5.75 Å². The molecule has 4 rings (SSSR count). The first kappa shape index (κ1) is 15.2. The predicted molar refractivity (Wildman–Crippen MR) is 95.2 cm³/mol. The van der Waals surface area contributed by atoms with E-state index < -0.39 is 0 Å². The molecule has 1 aromatic carbocycles. The van der Waals surface area contributed by atoms with Crippen LogP contribution in [0.2, 0.25) is 0 Å². The smallest absolute Gasteiger partial charge is 0.137 e. The molecule has 2 aromatic heterocycles. The van der Waals surface area contributed by atoms with Crippen molar-refractivity contribution in [1.29, 1.82) is 0 Å². The van der Waals surface area contributed by atoms with Gasteiger partial charge in [-0.05, 0) is 37.5 Å². The number of benzene rings is 1. The van der Waals surface area contributed by atoms with Gasteiger partial charge in [-0.15, -0.1) is 0 Å². The number of aromatic nitrogens is 2. The van der Waals surface area contributed by atoms with E-state index in [4.69, 9.17) is 9.72 Å². The van der Waals surface area contributed by atoms with E-state index in [0.29, 0.717) is 6.04 Å². The average Bonchev–Trinajstić information content (AvgIpc) is 3.36. The minimum Gasteiger partial charge on any atom is -0.496 e. The van der Waals surface area contributed by atoms with E-state index in [2.05, 4.69) is 52.9 Å². The fourth-order valence-corrected chi connectivity index (χ4v) is 3.25. The van der Waals surface area contributed by atoms with Gasteiger partial charge < -0.3 is 9.14 Å². The van der Waals surface area contributed by atoms with Gasteiger partial charge in [-0.25, -0.2) is 4.98 Å². The summed E-state index contributed by atoms with van der Waals surface area (Å²) in [5, 5.41) is 0. The van der Waals surface area contributed by atoms with Crippen LogP contribution >= 0.6 is 0 Å². The minimum absolute atomic E-state index is 0.668. The fraction of sp³-hybridized carbons (Fsp3) is 0.350. The van der Waals surface area contributed by atoms with Gasteiger partial charge >= 0.3 is 0 Å². The third kappa shape index (κ3) is 3.15. The van der Waals surface area contributed by atoms with Crippen LogP contribution in [0, 0.1) is 6.92 Å². The van der Waals surface area contributed by atoms with Crippen molar-refractivity contribution in [3.63, 3.8) is 0 Å². The molecule has 2 heterocycles. The Hall–Kier alpha value is -2.33. The van der Waals surface area contributed by atoms with Crippen molar-refractivity contribution < 1.29 is 4.74 Å². The highest BCUT2D eigenvalue weighted by atomic mass is 16.5. The van der Waals surface area contributed by atoms with E-state index in [9.17, 15) is 0 Å². The Morgan fingerprint density at radius 2 is 1.96 bits per heavy atom. The molecule has 0 bridgehead atoms. The molecule has 3 aromatic rings. The first-order chi connectivity index (χ1) is 11.7. The number of ether oxygens (including phenoxy) is 1. The lowest BCUT2D eigenvalue weighted by atomic mass is 10.2. The highest BCUT2D eigenvalue weighted by molar-refractivity contribution is 5.41. The Balaban J connectivity index is 1.56. The van der Waals surface area contributed by atoms with Gasteiger partial charge in [-0.2, -0.15) is 0 Å². The number of imidazole rings is 1. The van der Waals surface area contributed by atoms with E-state index in [1.807, 2.05) is 12.1 Å². The summed E-state index contributed by atoms with van der Waals surface area (Å²) in [6.45, 7) is 3.89. The van der Waals surface area contributed by atoms with Gasteiger partial charge in [0, 0.05) is 37.1 Å². The maximum Gasteiger partial charge on any atom is 0.137 e. The molecule has 4 nitrogen and oxygen atoms in total. The molecule has 24 heavy (non-hydrogen) atoms. The van der Waals surface area contributed by atoms with Gasteiger partial charge in [-0.1, -0.05) is 24.3 Å². The molecule has 0 N–H and O–H groups in total. The Bertz CT molecular complexity index is 851. The molecule has 0 atom stereocenters. The van der Waals surface area contributed by atoms with Crippen LogP contribution in [0.1, 0.15) is 29.7 Å².